The van der Waals surface area contributed by atoms with Crippen LogP contribution < -0.4 is 28.3 Å². The van der Waals surface area contributed by atoms with Gasteiger partial charge >= 0.3 is 26.2 Å². The van der Waals surface area contributed by atoms with Gasteiger partial charge < -0.3 is 20.1 Å². The number of hydrogen-bond acceptors (Lipinski definition) is 4. The molecule has 0 N–H and O–H groups in total. The van der Waals surface area contributed by atoms with Crippen molar-refractivity contribution in [1.29, 1.82) is 0 Å². The molecule has 0 amide bonds. The molecule has 4 nitrogen and oxygen atoms in total. The number of ether oxygens (including phenoxy) is 1. The van der Waals surface area contributed by atoms with Crippen molar-refractivity contribution in [3.8, 4) is 11.5 Å². The van der Waals surface area contributed by atoms with Gasteiger partial charge in [-0.05, 0) is 19.1 Å². The van der Waals surface area contributed by atoms with E-state index in [1.165, 1.54) is 14.2 Å². The van der Waals surface area contributed by atoms with Crippen LogP contribution in [0.5, 0.6) is 11.5 Å². The van der Waals surface area contributed by atoms with Crippen molar-refractivity contribution in [2.24, 2.45) is 0 Å². The molecule has 0 aromatic heterocycles. The summed E-state index contributed by atoms with van der Waals surface area (Å²) in [5.74, 6) is 1.28. The Morgan fingerprint density at radius 3 is 2.19 bits per heavy atom. The van der Waals surface area contributed by atoms with Crippen molar-refractivity contribution in [2.45, 2.75) is 6.92 Å². The molecule has 0 radical (unpaired) electrons. The van der Waals surface area contributed by atoms with Gasteiger partial charge in [0.25, 0.3) is 0 Å². The van der Waals surface area contributed by atoms with Crippen LogP contribution in [0.3, 0.4) is 0 Å². The predicted octanol–water partition coefficient (Wildman–Crippen LogP) is -1.14. The first kappa shape index (κ1) is 15.4. The Balaban J connectivity index is 0. The van der Waals surface area contributed by atoms with Crippen molar-refractivity contribution >= 4 is 7.32 Å². The standard InChI is InChI=1S/C10H15BO4.Li.H/c1-4-14-9-7-5-6-8-10(9)15-11(12-2)13-3;;/h5-8H,4H2,1-3H3;;/q;+1;-1. The summed E-state index contributed by atoms with van der Waals surface area (Å²) < 4.78 is 20.7. The minimum atomic E-state index is -0.716. The van der Waals surface area contributed by atoms with Crippen molar-refractivity contribution in [3.63, 3.8) is 0 Å². The average molecular weight is 218 g/mol. The second kappa shape index (κ2) is 8.54. The summed E-state index contributed by atoms with van der Waals surface area (Å²) in [7, 11) is 2.31. The molecule has 16 heavy (non-hydrogen) atoms. The van der Waals surface area contributed by atoms with E-state index in [1.807, 2.05) is 25.1 Å². The van der Waals surface area contributed by atoms with E-state index in [4.69, 9.17) is 18.7 Å². The van der Waals surface area contributed by atoms with Gasteiger partial charge in [-0.3, -0.25) is 0 Å². The summed E-state index contributed by atoms with van der Waals surface area (Å²) in [6.07, 6.45) is 0. The van der Waals surface area contributed by atoms with Crippen LogP contribution in [-0.4, -0.2) is 28.1 Å². The van der Waals surface area contributed by atoms with Gasteiger partial charge in [0.2, 0.25) is 0 Å². The molecule has 0 aliphatic carbocycles. The third-order valence-corrected chi connectivity index (χ3v) is 1.76. The zero-order valence-electron chi connectivity index (χ0n) is 11.2. The molecule has 0 unspecified atom stereocenters. The molecule has 0 aliphatic heterocycles. The third-order valence-electron chi connectivity index (χ3n) is 1.76. The van der Waals surface area contributed by atoms with E-state index in [9.17, 15) is 0 Å². The topological polar surface area (TPSA) is 36.9 Å². The second-order valence-electron chi connectivity index (χ2n) is 2.76. The zero-order valence-corrected chi connectivity index (χ0v) is 10.2. The fourth-order valence-corrected chi connectivity index (χ4v) is 1.12. The molecule has 1 rings (SSSR count). The van der Waals surface area contributed by atoms with Crippen LogP contribution in [0.4, 0.5) is 0 Å². The summed E-state index contributed by atoms with van der Waals surface area (Å²) >= 11 is 0. The second-order valence-corrected chi connectivity index (χ2v) is 2.76. The maximum Gasteiger partial charge on any atom is 1.00 e. The van der Waals surface area contributed by atoms with Gasteiger partial charge in [0.05, 0.1) is 6.61 Å². The molecule has 0 fully saturated rings. The first-order valence-electron chi connectivity index (χ1n) is 4.75. The van der Waals surface area contributed by atoms with E-state index in [-0.39, 0.29) is 20.3 Å². The molecule has 6 heteroatoms. The number of para-hydroxylation sites is 2. The van der Waals surface area contributed by atoms with Crippen molar-refractivity contribution < 1.29 is 39.0 Å². The Kier molecular flexibility index (Phi) is 8.22. The SMILES string of the molecule is CCOc1ccccc1OB(OC)OC.[H-].[Li+]. The minimum Gasteiger partial charge on any atom is -1.00 e. The summed E-state index contributed by atoms with van der Waals surface area (Å²) in [6, 6.07) is 7.38. The van der Waals surface area contributed by atoms with Crippen molar-refractivity contribution in [1.82, 2.24) is 0 Å². The summed E-state index contributed by atoms with van der Waals surface area (Å²) in [6.45, 7) is 2.51. The van der Waals surface area contributed by atoms with E-state index in [0.717, 1.165) is 0 Å². The molecule has 84 valence electrons. The molecule has 1 aromatic rings. The fourth-order valence-electron chi connectivity index (χ4n) is 1.12. The van der Waals surface area contributed by atoms with Crippen LogP contribution >= 0.6 is 0 Å². The maximum atomic E-state index is 5.43. The van der Waals surface area contributed by atoms with Gasteiger partial charge in [0.15, 0.2) is 5.75 Å². The van der Waals surface area contributed by atoms with Crippen molar-refractivity contribution in [2.75, 3.05) is 20.8 Å². The van der Waals surface area contributed by atoms with Crippen LogP contribution in [0.1, 0.15) is 8.35 Å². The number of hydrogen-bond donors (Lipinski definition) is 0. The van der Waals surface area contributed by atoms with E-state index in [0.29, 0.717) is 18.1 Å². The molecular formula is C10H16BLiO4. The quantitative estimate of drug-likeness (QED) is 0.565. The monoisotopic (exact) mass is 218 g/mol. The van der Waals surface area contributed by atoms with Crippen molar-refractivity contribution in [3.05, 3.63) is 24.3 Å². The predicted molar refractivity (Wildman–Crippen MR) is 59.1 cm³/mol. The van der Waals surface area contributed by atoms with Crippen LogP contribution in [-0.2, 0) is 9.31 Å². The van der Waals surface area contributed by atoms with E-state index in [2.05, 4.69) is 0 Å². The van der Waals surface area contributed by atoms with Crippen LogP contribution in [0, 0.1) is 0 Å². The van der Waals surface area contributed by atoms with Crippen LogP contribution in [0.25, 0.3) is 0 Å². The minimum absolute atomic E-state index is 0. The fraction of sp³-hybridized carbons (Fsp3) is 0.400. The molecular weight excluding hydrogens is 202 g/mol. The molecule has 1 aromatic carbocycles. The normalized spacial score (nSPS) is 9.19. The molecule has 0 atom stereocenters. The number of benzene rings is 1. The summed E-state index contributed by atoms with van der Waals surface area (Å²) in [5, 5.41) is 0. The van der Waals surface area contributed by atoms with Crippen LogP contribution in [0.2, 0.25) is 0 Å². The Morgan fingerprint density at radius 2 is 1.69 bits per heavy atom. The Morgan fingerprint density at radius 1 is 1.12 bits per heavy atom. The van der Waals surface area contributed by atoms with Gasteiger partial charge in [-0.1, -0.05) is 12.1 Å². The molecule has 0 spiro atoms. The van der Waals surface area contributed by atoms with Gasteiger partial charge in [-0.25, -0.2) is 0 Å². The van der Waals surface area contributed by atoms with Gasteiger partial charge in [0, 0.05) is 14.2 Å². The molecule has 0 saturated carbocycles. The molecule has 0 heterocycles. The molecule has 0 aliphatic rings. The Bertz CT molecular complexity index is 299. The first-order chi connectivity index (χ1) is 7.31. The Hall–Kier alpha value is -0.598. The Labute approximate surface area is 110 Å². The third kappa shape index (κ3) is 4.50. The summed E-state index contributed by atoms with van der Waals surface area (Å²) in [4.78, 5) is 0. The van der Waals surface area contributed by atoms with E-state index >= 15 is 0 Å². The smallest absolute Gasteiger partial charge is 1.00 e. The van der Waals surface area contributed by atoms with Gasteiger partial charge in [-0.2, -0.15) is 0 Å². The van der Waals surface area contributed by atoms with E-state index in [1.54, 1.807) is 6.07 Å². The van der Waals surface area contributed by atoms with Gasteiger partial charge in [-0.15, -0.1) is 0 Å². The zero-order chi connectivity index (χ0) is 11.1. The molecule has 0 saturated heterocycles. The average Bonchev–Trinajstić information content (AvgIpc) is 2.28. The molecule has 0 bridgehead atoms. The van der Waals surface area contributed by atoms with E-state index < -0.39 is 7.32 Å². The summed E-state index contributed by atoms with van der Waals surface area (Å²) in [5.41, 5.74) is 0. The maximum absolute atomic E-state index is 5.43. The largest absolute Gasteiger partial charge is 1.00 e. The first-order valence-corrected chi connectivity index (χ1v) is 4.75. The number of rotatable bonds is 6. The van der Waals surface area contributed by atoms with Crippen LogP contribution in [0.15, 0.2) is 24.3 Å². The van der Waals surface area contributed by atoms with Gasteiger partial charge in [0.1, 0.15) is 5.75 Å².